The number of amides is 1. The van der Waals surface area contributed by atoms with Gasteiger partial charge in [0.25, 0.3) is 5.91 Å². The summed E-state index contributed by atoms with van der Waals surface area (Å²) in [7, 11) is 1.95. The third-order valence-corrected chi connectivity index (χ3v) is 2.19. The first kappa shape index (κ1) is 12.5. The summed E-state index contributed by atoms with van der Waals surface area (Å²) in [4.78, 5) is 17.2. The van der Waals surface area contributed by atoms with Crippen molar-refractivity contribution in [1.82, 2.24) is 4.98 Å². The Morgan fingerprint density at radius 1 is 1.50 bits per heavy atom. The molecule has 2 N–H and O–H groups in total. The van der Waals surface area contributed by atoms with Gasteiger partial charge in [-0.15, -0.1) is 0 Å². The summed E-state index contributed by atoms with van der Waals surface area (Å²) in [6.45, 7) is 7.29. The monoisotopic (exact) mass is 221 g/mol. The van der Waals surface area contributed by atoms with Crippen LogP contribution in [0, 0.1) is 5.41 Å². The first-order chi connectivity index (χ1) is 7.31. The largest absolute Gasteiger partial charge is 0.373 e. The van der Waals surface area contributed by atoms with Crippen molar-refractivity contribution in [2.24, 2.45) is 11.1 Å². The van der Waals surface area contributed by atoms with Crippen molar-refractivity contribution < 1.29 is 4.79 Å². The van der Waals surface area contributed by atoms with E-state index in [0.29, 0.717) is 5.56 Å². The molecule has 1 heterocycles. The molecule has 88 valence electrons. The van der Waals surface area contributed by atoms with E-state index in [1.165, 1.54) is 6.20 Å². The van der Waals surface area contributed by atoms with E-state index in [4.69, 9.17) is 5.73 Å². The van der Waals surface area contributed by atoms with Gasteiger partial charge < -0.3 is 10.6 Å². The van der Waals surface area contributed by atoms with Crippen molar-refractivity contribution in [3.8, 4) is 0 Å². The summed E-state index contributed by atoms with van der Waals surface area (Å²) in [5.41, 5.74) is 6.77. The van der Waals surface area contributed by atoms with Crippen LogP contribution in [0.25, 0.3) is 0 Å². The number of hydrogen-bond acceptors (Lipinski definition) is 3. The minimum atomic E-state index is -0.441. The molecule has 0 saturated heterocycles. The van der Waals surface area contributed by atoms with E-state index in [0.717, 1.165) is 12.2 Å². The summed E-state index contributed by atoms with van der Waals surface area (Å²) < 4.78 is 0. The molecule has 0 spiro atoms. The van der Waals surface area contributed by atoms with Crippen molar-refractivity contribution in [2.75, 3.05) is 18.5 Å². The first-order valence-corrected chi connectivity index (χ1v) is 5.26. The minimum Gasteiger partial charge on any atom is -0.373 e. The topological polar surface area (TPSA) is 59.2 Å². The number of nitrogens with zero attached hydrogens (tertiary/aromatic N) is 2. The van der Waals surface area contributed by atoms with Gasteiger partial charge in [0.1, 0.15) is 0 Å². The minimum absolute atomic E-state index is 0.160. The maximum atomic E-state index is 11.2. The van der Waals surface area contributed by atoms with Crippen molar-refractivity contribution in [3.05, 3.63) is 24.0 Å². The summed E-state index contributed by atoms with van der Waals surface area (Å²) in [5, 5.41) is 0. The lowest BCUT2D eigenvalue weighted by atomic mass is 9.96. The molecule has 0 bridgehead atoms. The van der Waals surface area contributed by atoms with Crippen LogP contribution in [0.3, 0.4) is 0 Å². The van der Waals surface area contributed by atoms with Gasteiger partial charge >= 0.3 is 0 Å². The maximum Gasteiger partial charge on any atom is 0.252 e. The number of aromatic nitrogens is 1. The normalized spacial score (nSPS) is 11.2. The Hall–Kier alpha value is -1.58. The van der Waals surface area contributed by atoms with Crippen molar-refractivity contribution in [2.45, 2.75) is 20.8 Å². The van der Waals surface area contributed by atoms with Gasteiger partial charge in [0.05, 0.1) is 11.3 Å². The number of carbonyl (C=O) groups excluding carboxylic acids is 1. The van der Waals surface area contributed by atoms with Crippen LogP contribution in [-0.2, 0) is 0 Å². The van der Waals surface area contributed by atoms with Gasteiger partial charge in [-0.05, 0) is 11.5 Å². The Bertz CT molecular complexity index is 382. The molecular formula is C12H19N3O. The van der Waals surface area contributed by atoms with Crippen molar-refractivity contribution in [1.29, 1.82) is 0 Å². The zero-order chi connectivity index (χ0) is 12.3. The fraction of sp³-hybridized carbons (Fsp3) is 0.500. The van der Waals surface area contributed by atoms with Crippen LogP contribution in [0.1, 0.15) is 31.1 Å². The summed E-state index contributed by atoms with van der Waals surface area (Å²) in [6.07, 6.45) is 3.18. The molecule has 16 heavy (non-hydrogen) atoms. The number of rotatable bonds is 3. The Kier molecular flexibility index (Phi) is 3.52. The second-order valence-electron chi connectivity index (χ2n) is 5.17. The fourth-order valence-corrected chi connectivity index (χ4v) is 1.71. The number of primary amides is 1. The van der Waals surface area contributed by atoms with Gasteiger partial charge in [-0.25, -0.2) is 0 Å². The molecule has 1 amide bonds. The van der Waals surface area contributed by atoms with Gasteiger partial charge in [0.15, 0.2) is 0 Å². The zero-order valence-corrected chi connectivity index (χ0v) is 10.3. The Morgan fingerprint density at radius 3 is 2.62 bits per heavy atom. The van der Waals surface area contributed by atoms with Crippen LogP contribution < -0.4 is 10.6 Å². The van der Waals surface area contributed by atoms with E-state index >= 15 is 0 Å². The van der Waals surface area contributed by atoms with Crippen molar-refractivity contribution >= 4 is 11.6 Å². The second-order valence-corrected chi connectivity index (χ2v) is 5.17. The van der Waals surface area contributed by atoms with E-state index in [1.807, 2.05) is 18.0 Å². The zero-order valence-electron chi connectivity index (χ0n) is 10.3. The van der Waals surface area contributed by atoms with E-state index in [9.17, 15) is 4.79 Å². The molecule has 0 aliphatic rings. The second kappa shape index (κ2) is 4.51. The van der Waals surface area contributed by atoms with Gasteiger partial charge in [0, 0.05) is 26.0 Å². The van der Waals surface area contributed by atoms with Gasteiger partial charge in [0.2, 0.25) is 0 Å². The quantitative estimate of drug-likeness (QED) is 0.844. The lowest BCUT2D eigenvalue weighted by molar-refractivity contribution is 0.100. The fourth-order valence-electron chi connectivity index (χ4n) is 1.71. The van der Waals surface area contributed by atoms with Crippen LogP contribution in [0.5, 0.6) is 0 Å². The molecule has 0 unspecified atom stereocenters. The maximum absolute atomic E-state index is 11.2. The number of nitrogens with two attached hydrogens (primary N) is 1. The average Bonchev–Trinajstić information content (AvgIpc) is 2.15. The number of pyridine rings is 1. The molecule has 0 saturated carbocycles. The number of carbonyl (C=O) groups is 1. The standard InChI is InChI=1S/C12H19N3O/c1-12(2,3)8-15(4)10-5-6-14-7-9(10)11(13)16/h5-7H,8H2,1-4H3,(H2,13,16). The molecule has 1 aromatic rings. The molecule has 4 nitrogen and oxygen atoms in total. The SMILES string of the molecule is CN(CC(C)(C)C)c1ccncc1C(N)=O. The Labute approximate surface area is 96.5 Å². The lowest BCUT2D eigenvalue weighted by Gasteiger charge is -2.29. The summed E-state index contributed by atoms with van der Waals surface area (Å²) in [5.74, 6) is -0.441. The summed E-state index contributed by atoms with van der Waals surface area (Å²) >= 11 is 0. The van der Waals surface area contributed by atoms with Gasteiger partial charge in [-0.2, -0.15) is 0 Å². The lowest BCUT2D eigenvalue weighted by Crippen LogP contribution is -2.31. The highest BCUT2D eigenvalue weighted by Gasteiger charge is 2.17. The highest BCUT2D eigenvalue weighted by molar-refractivity contribution is 5.98. The molecule has 0 aliphatic carbocycles. The highest BCUT2D eigenvalue weighted by atomic mass is 16.1. The summed E-state index contributed by atoms with van der Waals surface area (Å²) in [6, 6.07) is 1.81. The van der Waals surface area contributed by atoms with Crippen LogP contribution in [0.2, 0.25) is 0 Å². The van der Waals surface area contributed by atoms with Crippen LogP contribution in [0.15, 0.2) is 18.5 Å². The number of anilines is 1. The number of hydrogen-bond donors (Lipinski definition) is 1. The molecule has 1 aromatic heterocycles. The molecule has 4 heteroatoms. The predicted molar refractivity (Wildman–Crippen MR) is 65.5 cm³/mol. The van der Waals surface area contributed by atoms with Gasteiger partial charge in [-0.1, -0.05) is 20.8 Å². The molecule has 0 fully saturated rings. The van der Waals surface area contributed by atoms with E-state index in [2.05, 4.69) is 25.8 Å². The van der Waals surface area contributed by atoms with Crippen LogP contribution in [0.4, 0.5) is 5.69 Å². The molecular weight excluding hydrogens is 202 g/mol. The van der Waals surface area contributed by atoms with E-state index in [1.54, 1.807) is 6.20 Å². The average molecular weight is 221 g/mol. The Balaban J connectivity index is 2.99. The van der Waals surface area contributed by atoms with Crippen LogP contribution in [-0.4, -0.2) is 24.5 Å². The van der Waals surface area contributed by atoms with Crippen molar-refractivity contribution in [3.63, 3.8) is 0 Å². The highest BCUT2D eigenvalue weighted by Crippen LogP contribution is 2.22. The van der Waals surface area contributed by atoms with Gasteiger partial charge in [-0.3, -0.25) is 9.78 Å². The third-order valence-electron chi connectivity index (χ3n) is 2.19. The molecule has 0 aromatic carbocycles. The molecule has 1 rings (SSSR count). The molecule has 0 atom stereocenters. The van der Waals surface area contributed by atoms with E-state index in [-0.39, 0.29) is 5.41 Å². The smallest absolute Gasteiger partial charge is 0.252 e. The molecule has 0 aliphatic heterocycles. The van der Waals surface area contributed by atoms with Crippen LogP contribution >= 0.6 is 0 Å². The first-order valence-electron chi connectivity index (χ1n) is 5.26. The Morgan fingerprint density at radius 2 is 2.12 bits per heavy atom. The molecule has 0 radical (unpaired) electrons. The predicted octanol–water partition coefficient (Wildman–Crippen LogP) is 1.66. The third kappa shape index (κ3) is 3.22. The van der Waals surface area contributed by atoms with E-state index < -0.39 is 5.91 Å².